The number of fused-ring (bicyclic) bond motifs is 1. The van der Waals surface area contributed by atoms with Crippen molar-refractivity contribution in [2.75, 3.05) is 6.54 Å². The second-order valence-corrected chi connectivity index (χ2v) is 6.06. The van der Waals surface area contributed by atoms with E-state index in [0.29, 0.717) is 18.8 Å². The molecule has 1 N–H and O–H groups in total. The van der Waals surface area contributed by atoms with Crippen LogP contribution in [0.1, 0.15) is 45.9 Å². The van der Waals surface area contributed by atoms with Crippen LogP contribution in [0, 0.1) is 5.92 Å². The molecule has 0 saturated heterocycles. The van der Waals surface area contributed by atoms with Crippen LogP contribution in [0.4, 0.5) is 0 Å². The van der Waals surface area contributed by atoms with E-state index in [-0.39, 0.29) is 5.91 Å². The second-order valence-electron chi connectivity index (χ2n) is 6.06. The third-order valence-corrected chi connectivity index (χ3v) is 3.65. The van der Waals surface area contributed by atoms with Crippen molar-refractivity contribution >= 4 is 17.1 Å². The third kappa shape index (κ3) is 4.29. The van der Waals surface area contributed by atoms with E-state index in [1.807, 2.05) is 12.1 Å². The summed E-state index contributed by atoms with van der Waals surface area (Å²) in [6, 6.07) is 3.87. The van der Waals surface area contributed by atoms with Crippen molar-refractivity contribution in [2.45, 2.75) is 53.0 Å². The van der Waals surface area contributed by atoms with Crippen LogP contribution < -0.4 is 5.32 Å². The number of nitrogens with zero attached hydrogens (tertiary/aromatic N) is 3. The predicted molar refractivity (Wildman–Crippen MR) is 88.6 cm³/mol. The molecule has 0 fully saturated rings. The largest absolute Gasteiger partial charge is 0.356 e. The maximum Gasteiger partial charge on any atom is 0.220 e. The van der Waals surface area contributed by atoms with Gasteiger partial charge in [-0.3, -0.25) is 4.79 Å². The van der Waals surface area contributed by atoms with E-state index < -0.39 is 0 Å². The van der Waals surface area contributed by atoms with Gasteiger partial charge in [0.1, 0.15) is 11.3 Å². The van der Waals surface area contributed by atoms with Crippen LogP contribution in [-0.2, 0) is 17.8 Å². The van der Waals surface area contributed by atoms with E-state index in [9.17, 15) is 4.79 Å². The van der Waals surface area contributed by atoms with Crippen molar-refractivity contribution in [2.24, 2.45) is 5.92 Å². The van der Waals surface area contributed by atoms with Gasteiger partial charge >= 0.3 is 0 Å². The summed E-state index contributed by atoms with van der Waals surface area (Å²) >= 11 is 0. The number of rotatable bonds is 8. The minimum absolute atomic E-state index is 0.101. The molecule has 2 heterocycles. The number of aromatic nitrogens is 3. The number of aryl methyl sites for hydroxylation is 2. The molecular weight excluding hydrogens is 276 g/mol. The predicted octanol–water partition coefficient (Wildman–Crippen LogP) is 2.94. The molecule has 120 valence electrons. The van der Waals surface area contributed by atoms with Crippen LogP contribution in [0.3, 0.4) is 0 Å². The minimum atomic E-state index is 0.101. The molecule has 0 aliphatic carbocycles. The second kappa shape index (κ2) is 7.92. The topological polar surface area (TPSA) is 59.8 Å². The molecule has 0 bridgehead atoms. The van der Waals surface area contributed by atoms with Gasteiger partial charge in [-0.1, -0.05) is 20.8 Å². The molecule has 2 aromatic rings. The van der Waals surface area contributed by atoms with E-state index in [1.54, 1.807) is 6.20 Å². The summed E-state index contributed by atoms with van der Waals surface area (Å²) in [5.74, 6) is 1.67. The first-order valence-electron chi connectivity index (χ1n) is 8.18. The van der Waals surface area contributed by atoms with Crippen LogP contribution in [0.25, 0.3) is 11.2 Å². The Morgan fingerprint density at radius 3 is 2.95 bits per heavy atom. The zero-order valence-electron chi connectivity index (χ0n) is 13.8. The zero-order valence-corrected chi connectivity index (χ0v) is 13.8. The Morgan fingerprint density at radius 1 is 1.41 bits per heavy atom. The van der Waals surface area contributed by atoms with Gasteiger partial charge in [-0.05, 0) is 30.9 Å². The fourth-order valence-electron chi connectivity index (χ4n) is 2.47. The van der Waals surface area contributed by atoms with Gasteiger partial charge in [0.15, 0.2) is 5.65 Å². The van der Waals surface area contributed by atoms with Gasteiger partial charge < -0.3 is 9.88 Å². The molecule has 0 aliphatic rings. The molecule has 0 saturated carbocycles. The van der Waals surface area contributed by atoms with Gasteiger partial charge in [-0.2, -0.15) is 0 Å². The van der Waals surface area contributed by atoms with Crippen molar-refractivity contribution < 1.29 is 4.79 Å². The number of nitrogens with one attached hydrogen (secondary N) is 1. The van der Waals surface area contributed by atoms with Crippen molar-refractivity contribution in [1.29, 1.82) is 0 Å². The first-order valence-corrected chi connectivity index (χ1v) is 8.18. The minimum Gasteiger partial charge on any atom is -0.356 e. The Kier molecular flexibility index (Phi) is 5.92. The molecule has 22 heavy (non-hydrogen) atoms. The maximum absolute atomic E-state index is 11.9. The normalized spacial score (nSPS) is 11.3. The quantitative estimate of drug-likeness (QED) is 0.815. The van der Waals surface area contributed by atoms with E-state index in [0.717, 1.165) is 42.9 Å². The Balaban J connectivity index is 1.98. The lowest BCUT2D eigenvalue weighted by Gasteiger charge is -2.08. The highest BCUT2D eigenvalue weighted by Gasteiger charge is 2.12. The summed E-state index contributed by atoms with van der Waals surface area (Å²) < 4.78 is 2.14. The van der Waals surface area contributed by atoms with E-state index in [2.05, 4.69) is 40.6 Å². The highest BCUT2D eigenvalue weighted by Crippen LogP contribution is 2.15. The van der Waals surface area contributed by atoms with Gasteiger partial charge in [-0.25, -0.2) is 9.97 Å². The molecule has 0 atom stereocenters. The van der Waals surface area contributed by atoms with Crippen molar-refractivity contribution in [1.82, 2.24) is 19.9 Å². The molecule has 0 unspecified atom stereocenters. The average Bonchev–Trinajstić information content (AvgIpc) is 2.83. The average molecular weight is 302 g/mol. The monoisotopic (exact) mass is 302 g/mol. The Morgan fingerprint density at radius 2 is 2.23 bits per heavy atom. The van der Waals surface area contributed by atoms with Crippen LogP contribution in [0.2, 0.25) is 0 Å². The Bertz CT molecular complexity index is 618. The van der Waals surface area contributed by atoms with E-state index >= 15 is 0 Å². The van der Waals surface area contributed by atoms with Gasteiger partial charge in [0, 0.05) is 32.1 Å². The highest BCUT2D eigenvalue weighted by molar-refractivity contribution is 5.76. The summed E-state index contributed by atoms with van der Waals surface area (Å²) in [5, 5.41) is 2.98. The third-order valence-electron chi connectivity index (χ3n) is 3.65. The first-order chi connectivity index (χ1) is 10.6. The molecule has 0 aromatic carbocycles. The van der Waals surface area contributed by atoms with E-state index in [1.165, 1.54) is 0 Å². The van der Waals surface area contributed by atoms with Gasteiger partial charge in [0.25, 0.3) is 0 Å². The maximum atomic E-state index is 11.9. The Hall–Kier alpha value is -1.91. The number of hydrogen-bond donors (Lipinski definition) is 1. The molecule has 1 amide bonds. The first kappa shape index (κ1) is 16.5. The van der Waals surface area contributed by atoms with Crippen molar-refractivity contribution in [3.63, 3.8) is 0 Å². The molecule has 5 nitrogen and oxygen atoms in total. The lowest BCUT2D eigenvalue weighted by molar-refractivity contribution is -0.121. The van der Waals surface area contributed by atoms with Crippen LogP contribution in [0.15, 0.2) is 18.3 Å². The molecule has 2 aromatic heterocycles. The standard InChI is InChI=1S/C17H26N4O/c1-4-12-21-15(20-14-6-5-10-19-17(14)21)7-8-16(22)18-11-9-13(2)3/h5-6,10,13H,4,7-9,11-12H2,1-3H3,(H,18,22). The smallest absolute Gasteiger partial charge is 0.220 e. The lowest BCUT2D eigenvalue weighted by atomic mass is 10.1. The van der Waals surface area contributed by atoms with E-state index in [4.69, 9.17) is 0 Å². The molecule has 5 heteroatoms. The lowest BCUT2D eigenvalue weighted by Crippen LogP contribution is -2.25. The summed E-state index contributed by atoms with van der Waals surface area (Å²) in [6.45, 7) is 8.09. The van der Waals surface area contributed by atoms with Crippen LogP contribution in [0.5, 0.6) is 0 Å². The number of amides is 1. The zero-order chi connectivity index (χ0) is 15.9. The molecule has 0 aliphatic heterocycles. The summed E-state index contributed by atoms with van der Waals surface area (Å²) in [7, 11) is 0. The molecular formula is C17H26N4O. The van der Waals surface area contributed by atoms with Crippen LogP contribution in [-0.4, -0.2) is 27.0 Å². The van der Waals surface area contributed by atoms with Gasteiger partial charge in [0.05, 0.1) is 0 Å². The molecule has 2 rings (SSSR count). The number of imidazole rings is 1. The Labute approximate surface area is 132 Å². The summed E-state index contributed by atoms with van der Waals surface area (Å²) in [5.41, 5.74) is 1.82. The summed E-state index contributed by atoms with van der Waals surface area (Å²) in [6.07, 6.45) is 4.97. The fraction of sp³-hybridized carbons (Fsp3) is 0.588. The van der Waals surface area contributed by atoms with Crippen molar-refractivity contribution in [3.8, 4) is 0 Å². The molecule has 0 radical (unpaired) electrons. The van der Waals surface area contributed by atoms with Crippen molar-refractivity contribution in [3.05, 3.63) is 24.2 Å². The molecule has 0 spiro atoms. The SMILES string of the molecule is CCCn1c(CCC(=O)NCCC(C)C)nc2cccnc21. The number of hydrogen-bond acceptors (Lipinski definition) is 3. The fourth-order valence-corrected chi connectivity index (χ4v) is 2.47. The summed E-state index contributed by atoms with van der Waals surface area (Å²) in [4.78, 5) is 21.0. The number of carbonyl (C=O) groups excluding carboxylic acids is 1. The van der Waals surface area contributed by atoms with Gasteiger partial charge in [-0.15, -0.1) is 0 Å². The number of pyridine rings is 1. The highest BCUT2D eigenvalue weighted by atomic mass is 16.1. The van der Waals surface area contributed by atoms with Crippen LogP contribution >= 0.6 is 0 Å². The number of carbonyl (C=O) groups is 1. The van der Waals surface area contributed by atoms with Gasteiger partial charge in [0.2, 0.25) is 5.91 Å².